The maximum absolute atomic E-state index is 13.3. The molecule has 2 aromatic rings. The van der Waals surface area contributed by atoms with Gasteiger partial charge in [0.15, 0.2) is 0 Å². The Kier molecular flexibility index (Phi) is 12.0. The normalized spacial score (nSPS) is 15.9. The molecule has 0 aromatic heterocycles. The minimum Gasteiger partial charge on any atom is -0.456 e. The number of aliphatic hydroxyl groups is 1. The van der Waals surface area contributed by atoms with E-state index in [1.807, 2.05) is 60.7 Å². The Balaban J connectivity index is 1.63. The fourth-order valence-corrected chi connectivity index (χ4v) is 4.86. The summed E-state index contributed by atoms with van der Waals surface area (Å²) in [5.74, 6) is -1.43. The van der Waals surface area contributed by atoms with E-state index < -0.39 is 12.0 Å². The Morgan fingerprint density at radius 3 is 2.44 bits per heavy atom. The maximum Gasteiger partial charge on any atom is 0.306 e. The van der Waals surface area contributed by atoms with Crippen molar-refractivity contribution in [1.29, 1.82) is 0 Å². The predicted molar refractivity (Wildman–Crippen MR) is 151 cm³/mol. The maximum atomic E-state index is 13.3. The summed E-state index contributed by atoms with van der Waals surface area (Å²) in [6.45, 7) is 7.82. The summed E-state index contributed by atoms with van der Waals surface area (Å²) in [5.41, 5.74) is 2.96. The molecule has 2 N–H and O–H groups in total. The first-order chi connectivity index (χ1) is 19.0. The lowest BCUT2D eigenvalue weighted by Gasteiger charge is -2.36. The van der Waals surface area contributed by atoms with Gasteiger partial charge >= 0.3 is 5.97 Å². The van der Waals surface area contributed by atoms with Gasteiger partial charge in [-0.25, -0.2) is 0 Å². The van der Waals surface area contributed by atoms with Crippen LogP contribution in [-0.2, 0) is 32.1 Å². The molecule has 0 saturated heterocycles. The van der Waals surface area contributed by atoms with E-state index in [-0.39, 0.29) is 43.4 Å². The van der Waals surface area contributed by atoms with Gasteiger partial charge in [0.2, 0.25) is 11.8 Å². The number of nitrogens with zero attached hydrogens (tertiary/aromatic N) is 1. The molecular weight excluding hydrogens is 492 g/mol. The van der Waals surface area contributed by atoms with Crippen LogP contribution >= 0.6 is 0 Å². The quantitative estimate of drug-likeness (QED) is 0.198. The number of carbonyl (C=O) groups excluding carboxylic acids is 3. The molecule has 0 bridgehead atoms. The van der Waals surface area contributed by atoms with Crippen molar-refractivity contribution in [1.82, 2.24) is 10.2 Å². The van der Waals surface area contributed by atoms with E-state index in [0.29, 0.717) is 32.2 Å². The second-order valence-corrected chi connectivity index (χ2v) is 9.93. The van der Waals surface area contributed by atoms with Gasteiger partial charge in [-0.05, 0) is 48.8 Å². The molecule has 2 aromatic carbocycles. The smallest absolute Gasteiger partial charge is 0.306 e. The highest BCUT2D eigenvalue weighted by Crippen LogP contribution is 2.25. The molecule has 1 aliphatic heterocycles. The Labute approximate surface area is 231 Å². The molecule has 39 heavy (non-hydrogen) atoms. The monoisotopic (exact) mass is 532 g/mol. The molecule has 3 rings (SSSR count). The lowest BCUT2D eigenvalue weighted by atomic mass is 9.92. The first kappa shape index (κ1) is 29.8. The number of hydrogen-bond donors (Lipinski definition) is 2. The number of carbonyl (C=O) groups is 3. The SMILES string of the molecule is C=CCCCCC(=O)O[C@H](CNC(=O)[C@@H](CC=C)CC(=O)N1Cc2ccccc2C[C@H]1CO)c1ccccc1. The van der Waals surface area contributed by atoms with Crippen LogP contribution in [0.4, 0.5) is 0 Å². The average Bonchev–Trinajstić information content (AvgIpc) is 2.96. The molecule has 7 nitrogen and oxygen atoms in total. The summed E-state index contributed by atoms with van der Waals surface area (Å²) in [6.07, 6.45) is 6.42. The lowest BCUT2D eigenvalue weighted by Crippen LogP contribution is -2.47. The third-order valence-corrected chi connectivity index (χ3v) is 7.08. The molecule has 0 radical (unpaired) electrons. The summed E-state index contributed by atoms with van der Waals surface area (Å²) in [7, 11) is 0. The zero-order valence-electron chi connectivity index (χ0n) is 22.6. The van der Waals surface area contributed by atoms with Gasteiger partial charge in [0.05, 0.1) is 25.1 Å². The number of aliphatic hydroxyl groups excluding tert-OH is 1. The van der Waals surface area contributed by atoms with Crippen LogP contribution in [0.25, 0.3) is 0 Å². The van der Waals surface area contributed by atoms with E-state index >= 15 is 0 Å². The van der Waals surface area contributed by atoms with E-state index in [2.05, 4.69) is 18.5 Å². The molecule has 0 fully saturated rings. The number of unbranched alkanes of at least 4 members (excludes halogenated alkanes) is 2. The third-order valence-electron chi connectivity index (χ3n) is 7.08. The van der Waals surface area contributed by atoms with Crippen molar-refractivity contribution in [3.63, 3.8) is 0 Å². The molecule has 0 saturated carbocycles. The molecule has 7 heteroatoms. The first-order valence-corrected chi connectivity index (χ1v) is 13.7. The number of fused-ring (bicyclic) bond motifs is 1. The fourth-order valence-electron chi connectivity index (χ4n) is 4.86. The molecular formula is C32H40N2O5. The van der Waals surface area contributed by atoms with Crippen molar-refractivity contribution in [2.45, 2.75) is 63.6 Å². The van der Waals surface area contributed by atoms with E-state index in [4.69, 9.17) is 4.74 Å². The Hall–Kier alpha value is -3.71. The van der Waals surface area contributed by atoms with Crippen LogP contribution < -0.4 is 5.32 Å². The molecule has 208 valence electrons. The van der Waals surface area contributed by atoms with Gasteiger partial charge in [-0.1, -0.05) is 66.7 Å². The predicted octanol–water partition coefficient (Wildman–Crippen LogP) is 4.66. The zero-order chi connectivity index (χ0) is 28.0. The molecule has 2 amide bonds. The van der Waals surface area contributed by atoms with Crippen LogP contribution in [0.15, 0.2) is 79.9 Å². The second-order valence-electron chi connectivity index (χ2n) is 9.93. The van der Waals surface area contributed by atoms with Crippen LogP contribution in [0.5, 0.6) is 0 Å². The fraction of sp³-hybridized carbons (Fsp3) is 0.406. The van der Waals surface area contributed by atoms with Crippen molar-refractivity contribution in [3.8, 4) is 0 Å². The Bertz CT molecular complexity index is 1120. The van der Waals surface area contributed by atoms with E-state index in [9.17, 15) is 19.5 Å². The van der Waals surface area contributed by atoms with Gasteiger partial charge in [0, 0.05) is 19.4 Å². The Morgan fingerprint density at radius 1 is 1.03 bits per heavy atom. The van der Waals surface area contributed by atoms with Gasteiger partial charge in [-0.2, -0.15) is 0 Å². The number of amides is 2. The van der Waals surface area contributed by atoms with E-state index in [1.54, 1.807) is 11.0 Å². The van der Waals surface area contributed by atoms with Crippen LogP contribution in [0.1, 0.15) is 61.3 Å². The summed E-state index contributed by atoms with van der Waals surface area (Å²) < 4.78 is 5.74. The number of esters is 1. The largest absolute Gasteiger partial charge is 0.456 e. The average molecular weight is 533 g/mol. The van der Waals surface area contributed by atoms with Crippen molar-refractivity contribution in [2.24, 2.45) is 5.92 Å². The lowest BCUT2D eigenvalue weighted by molar-refractivity contribution is -0.150. The van der Waals surface area contributed by atoms with E-state index in [0.717, 1.165) is 29.5 Å². The molecule has 1 heterocycles. The van der Waals surface area contributed by atoms with Gasteiger partial charge in [-0.15, -0.1) is 13.2 Å². The second kappa shape index (κ2) is 15.6. The van der Waals surface area contributed by atoms with Gasteiger partial charge in [0.1, 0.15) is 6.10 Å². The van der Waals surface area contributed by atoms with Crippen LogP contribution in [0, 0.1) is 5.92 Å². The molecule has 1 aliphatic rings. The van der Waals surface area contributed by atoms with Crippen molar-refractivity contribution >= 4 is 17.8 Å². The number of allylic oxidation sites excluding steroid dienone is 2. The van der Waals surface area contributed by atoms with Gasteiger partial charge in [-0.3, -0.25) is 14.4 Å². The summed E-state index contributed by atoms with van der Waals surface area (Å²) in [5, 5.41) is 12.9. The topological polar surface area (TPSA) is 95.9 Å². The summed E-state index contributed by atoms with van der Waals surface area (Å²) in [6, 6.07) is 16.9. The minimum absolute atomic E-state index is 0.00435. The minimum atomic E-state index is -0.639. The Morgan fingerprint density at radius 2 is 1.74 bits per heavy atom. The highest BCUT2D eigenvalue weighted by molar-refractivity contribution is 5.86. The van der Waals surface area contributed by atoms with E-state index in [1.165, 1.54) is 0 Å². The molecule has 0 aliphatic carbocycles. The number of ether oxygens (including phenoxy) is 1. The number of rotatable bonds is 15. The number of benzene rings is 2. The van der Waals surface area contributed by atoms with Crippen LogP contribution in [-0.4, -0.2) is 47.0 Å². The third kappa shape index (κ3) is 8.93. The van der Waals surface area contributed by atoms with Crippen molar-refractivity contribution in [2.75, 3.05) is 13.2 Å². The van der Waals surface area contributed by atoms with Gasteiger partial charge < -0.3 is 20.1 Å². The standard InChI is InChI=1S/C32H40N2O5/c1-3-5-6-10-18-31(37)39-29(24-14-8-7-9-15-24)21-33-32(38)26(13-4-2)20-30(36)34-22-27-17-12-11-16-25(27)19-28(34)23-35/h3-4,7-9,11-12,14-17,26,28-29,35H,1-2,5-6,10,13,18-23H2,(H,33,38)/t26-,28-,29+/m0/s1. The van der Waals surface area contributed by atoms with Crippen molar-refractivity contribution in [3.05, 3.63) is 96.6 Å². The van der Waals surface area contributed by atoms with Crippen LogP contribution in [0.3, 0.4) is 0 Å². The van der Waals surface area contributed by atoms with Crippen LogP contribution in [0.2, 0.25) is 0 Å². The molecule has 0 unspecified atom stereocenters. The highest BCUT2D eigenvalue weighted by Gasteiger charge is 2.32. The highest BCUT2D eigenvalue weighted by atomic mass is 16.5. The van der Waals surface area contributed by atoms with Crippen molar-refractivity contribution < 1.29 is 24.2 Å². The number of nitrogens with one attached hydrogen (secondary N) is 1. The summed E-state index contributed by atoms with van der Waals surface area (Å²) in [4.78, 5) is 40.7. The van der Waals surface area contributed by atoms with Gasteiger partial charge in [0.25, 0.3) is 0 Å². The zero-order valence-corrected chi connectivity index (χ0v) is 22.6. The molecule has 0 spiro atoms. The number of hydrogen-bond acceptors (Lipinski definition) is 5. The molecule has 3 atom stereocenters. The summed E-state index contributed by atoms with van der Waals surface area (Å²) >= 11 is 0. The first-order valence-electron chi connectivity index (χ1n) is 13.7.